The normalized spacial score (nSPS) is 11.0. The van der Waals surface area contributed by atoms with E-state index >= 15 is 0 Å². The van der Waals surface area contributed by atoms with Gasteiger partial charge < -0.3 is 9.30 Å². The number of benzene rings is 1. The Morgan fingerprint density at radius 3 is 2.83 bits per heavy atom. The fourth-order valence-electron chi connectivity index (χ4n) is 2.53. The maximum atomic E-state index is 14.2. The number of rotatable bonds is 3. The molecule has 0 saturated heterocycles. The number of hydrogen-bond donors (Lipinski definition) is 0. The van der Waals surface area contributed by atoms with Crippen molar-refractivity contribution in [3.8, 4) is 0 Å². The maximum Gasteiger partial charge on any atom is 0.354 e. The molecular formula is C17H14BrFN2O2. The van der Waals surface area contributed by atoms with Crippen LogP contribution in [-0.4, -0.2) is 22.6 Å². The molecule has 0 spiro atoms. The minimum atomic E-state index is -0.472. The van der Waals surface area contributed by atoms with E-state index in [1.54, 1.807) is 29.1 Å². The van der Waals surface area contributed by atoms with Gasteiger partial charge in [-0.15, -0.1) is 0 Å². The Kier molecular flexibility index (Phi) is 4.17. The number of nitrogens with zero attached hydrogens (tertiary/aromatic N) is 2. The summed E-state index contributed by atoms with van der Waals surface area (Å²) in [6, 6.07) is 6.77. The predicted octanol–water partition coefficient (Wildman–Crippen LogP) is 4.08. The summed E-state index contributed by atoms with van der Waals surface area (Å²) in [5, 5.41) is 0.827. The number of pyridine rings is 1. The van der Waals surface area contributed by atoms with Crippen LogP contribution < -0.4 is 0 Å². The molecule has 4 nitrogen and oxygen atoms in total. The van der Waals surface area contributed by atoms with Crippen molar-refractivity contribution in [2.24, 2.45) is 0 Å². The molecule has 0 unspecified atom stereocenters. The van der Waals surface area contributed by atoms with Gasteiger partial charge in [0, 0.05) is 21.6 Å². The zero-order chi connectivity index (χ0) is 16.6. The Hall–Kier alpha value is -2.21. The summed E-state index contributed by atoms with van der Waals surface area (Å²) in [4.78, 5) is 16.2. The van der Waals surface area contributed by atoms with E-state index in [-0.39, 0.29) is 12.4 Å². The molecule has 0 saturated carbocycles. The number of aryl methyl sites for hydroxylation is 1. The van der Waals surface area contributed by atoms with Gasteiger partial charge in [-0.1, -0.05) is 12.1 Å². The average Bonchev–Trinajstić information content (AvgIpc) is 2.89. The minimum Gasteiger partial charge on any atom is -0.464 e. The molecule has 118 valence electrons. The molecule has 0 atom stereocenters. The smallest absolute Gasteiger partial charge is 0.354 e. The standard InChI is InChI=1S/C17H14BrFN2O2/c1-10-3-4-11(14(19)5-10)9-21-15(17(22)23-2)6-12-13(18)7-20-8-16(12)21/h3-8H,9H2,1-2H3. The Labute approximate surface area is 141 Å². The monoisotopic (exact) mass is 376 g/mol. The number of methoxy groups -OCH3 is 1. The molecule has 23 heavy (non-hydrogen) atoms. The molecular weight excluding hydrogens is 363 g/mol. The summed E-state index contributed by atoms with van der Waals surface area (Å²) in [7, 11) is 1.32. The lowest BCUT2D eigenvalue weighted by molar-refractivity contribution is 0.0589. The number of aromatic nitrogens is 2. The van der Waals surface area contributed by atoms with Crippen molar-refractivity contribution in [2.75, 3.05) is 7.11 Å². The molecule has 6 heteroatoms. The Morgan fingerprint density at radius 2 is 2.13 bits per heavy atom. The van der Waals surface area contributed by atoms with E-state index in [1.807, 2.05) is 13.0 Å². The SMILES string of the molecule is COC(=O)c1cc2c(Br)cncc2n1Cc1ccc(C)cc1F. The molecule has 0 aliphatic rings. The molecule has 2 aromatic heterocycles. The minimum absolute atomic E-state index is 0.220. The number of esters is 1. The van der Waals surface area contributed by atoms with Crippen molar-refractivity contribution >= 4 is 32.8 Å². The lowest BCUT2D eigenvalue weighted by atomic mass is 10.1. The number of fused-ring (bicyclic) bond motifs is 1. The fourth-order valence-corrected chi connectivity index (χ4v) is 2.97. The van der Waals surface area contributed by atoms with Gasteiger partial charge in [0.15, 0.2) is 0 Å². The van der Waals surface area contributed by atoms with Crippen LogP contribution in [0.3, 0.4) is 0 Å². The quantitative estimate of drug-likeness (QED) is 0.646. The van der Waals surface area contributed by atoms with E-state index in [4.69, 9.17) is 4.74 Å². The highest BCUT2D eigenvalue weighted by molar-refractivity contribution is 9.10. The second kappa shape index (κ2) is 6.12. The van der Waals surface area contributed by atoms with Gasteiger partial charge >= 0.3 is 5.97 Å². The summed E-state index contributed by atoms with van der Waals surface area (Å²) >= 11 is 3.42. The van der Waals surface area contributed by atoms with Gasteiger partial charge in [0.05, 0.1) is 25.4 Å². The number of carbonyl (C=O) groups excluding carboxylic acids is 1. The lowest BCUT2D eigenvalue weighted by Gasteiger charge is -2.11. The summed E-state index contributed by atoms with van der Waals surface area (Å²) in [5.74, 6) is -0.772. The molecule has 0 aliphatic carbocycles. The van der Waals surface area contributed by atoms with E-state index in [0.717, 1.165) is 20.9 Å². The second-order valence-corrected chi connectivity index (χ2v) is 6.11. The van der Waals surface area contributed by atoms with Crippen LogP contribution >= 0.6 is 15.9 Å². The van der Waals surface area contributed by atoms with Gasteiger partial charge in [-0.2, -0.15) is 0 Å². The molecule has 0 amide bonds. The van der Waals surface area contributed by atoms with Crippen molar-refractivity contribution in [1.29, 1.82) is 0 Å². The van der Waals surface area contributed by atoms with Crippen LogP contribution in [0.4, 0.5) is 4.39 Å². The van der Waals surface area contributed by atoms with Crippen LogP contribution in [0.2, 0.25) is 0 Å². The topological polar surface area (TPSA) is 44.1 Å². The molecule has 0 fully saturated rings. The van der Waals surface area contributed by atoms with Crippen LogP contribution in [0.5, 0.6) is 0 Å². The second-order valence-electron chi connectivity index (χ2n) is 5.26. The van der Waals surface area contributed by atoms with Crippen molar-refractivity contribution in [1.82, 2.24) is 9.55 Å². The van der Waals surface area contributed by atoms with Crippen LogP contribution in [0, 0.1) is 12.7 Å². The van der Waals surface area contributed by atoms with Gasteiger partial charge in [0.25, 0.3) is 0 Å². The molecule has 1 aromatic carbocycles. The summed E-state index contributed by atoms with van der Waals surface area (Å²) in [6.45, 7) is 2.05. The van der Waals surface area contributed by atoms with E-state index < -0.39 is 5.97 Å². The maximum absolute atomic E-state index is 14.2. The first-order chi connectivity index (χ1) is 11.0. The van der Waals surface area contributed by atoms with Gasteiger partial charge in [0.2, 0.25) is 0 Å². The third kappa shape index (κ3) is 2.86. The highest BCUT2D eigenvalue weighted by Gasteiger charge is 2.18. The molecule has 0 N–H and O–H groups in total. The van der Waals surface area contributed by atoms with E-state index in [0.29, 0.717) is 11.3 Å². The molecule has 0 radical (unpaired) electrons. The van der Waals surface area contributed by atoms with Crippen molar-refractivity contribution in [2.45, 2.75) is 13.5 Å². The molecule has 3 rings (SSSR count). The van der Waals surface area contributed by atoms with Gasteiger partial charge in [-0.25, -0.2) is 9.18 Å². The predicted molar refractivity (Wildman–Crippen MR) is 89.0 cm³/mol. The lowest BCUT2D eigenvalue weighted by Crippen LogP contribution is -2.12. The van der Waals surface area contributed by atoms with Crippen LogP contribution in [0.15, 0.2) is 41.1 Å². The zero-order valence-electron chi connectivity index (χ0n) is 12.6. The number of hydrogen-bond acceptors (Lipinski definition) is 3. The first-order valence-corrected chi connectivity index (χ1v) is 7.76. The highest BCUT2D eigenvalue weighted by atomic mass is 79.9. The van der Waals surface area contributed by atoms with Gasteiger partial charge in [-0.05, 0) is 40.5 Å². The van der Waals surface area contributed by atoms with E-state index in [9.17, 15) is 9.18 Å². The number of ether oxygens (including phenoxy) is 1. The molecule has 0 bridgehead atoms. The third-order valence-corrected chi connectivity index (χ3v) is 4.34. The average molecular weight is 377 g/mol. The van der Waals surface area contributed by atoms with E-state index in [2.05, 4.69) is 20.9 Å². The Bertz CT molecular complexity index is 905. The Morgan fingerprint density at radius 1 is 1.35 bits per heavy atom. The zero-order valence-corrected chi connectivity index (χ0v) is 14.2. The number of halogens is 2. The molecule has 0 aliphatic heterocycles. The van der Waals surface area contributed by atoms with Crippen molar-refractivity contribution < 1.29 is 13.9 Å². The fraction of sp³-hybridized carbons (Fsp3) is 0.176. The molecule has 2 heterocycles. The van der Waals surface area contributed by atoms with Crippen molar-refractivity contribution in [3.63, 3.8) is 0 Å². The van der Waals surface area contributed by atoms with Crippen LogP contribution in [-0.2, 0) is 11.3 Å². The summed E-state index contributed by atoms with van der Waals surface area (Å²) < 4.78 is 21.5. The first-order valence-electron chi connectivity index (χ1n) is 6.97. The summed E-state index contributed by atoms with van der Waals surface area (Å²) in [5.41, 5.74) is 2.44. The number of carbonyl (C=O) groups is 1. The van der Waals surface area contributed by atoms with Gasteiger partial charge in [0.1, 0.15) is 11.5 Å². The Balaban J connectivity index is 2.18. The van der Waals surface area contributed by atoms with Gasteiger partial charge in [-0.3, -0.25) is 4.98 Å². The third-order valence-electron chi connectivity index (χ3n) is 3.71. The van der Waals surface area contributed by atoms with Crippen LogP contribution in [0.25, 0.3) is 10.9 Å². The molecule has 3 aromatic rings. The largest absolute Gasteiger partial charge is 0.464 e. The van der Waals surface area contributed by atoms with Crippen LogP contribution in [0.1, 0.15) is 21.6 Å². The van der Waals surface area contributed by atoms with E-state index in [1.165, 1.54) is 13.2 Å². The highest BCUT2D eigenvalue weighted by Crippen LogP contribution is 2.28. The van der Waals surface area contributed by atoms with Crippen molar-refractivity contribution in [3.05, 3.63) is 63.8 Å². The first kappa shape index (κ1) is 15.7. The summed E-state index contributed by atoms with van der Waals surface area (Å²) in [6.07, 6.45) is 3.30.